The lowest BCUT2D eigenvalue weighted by Crippen LogP contribution is -2.11. The Morgan fingerprint density at radius 1 is 1.29 bits per heavy atom. The van der Waals surface area contributed by atoms with Crippen molar-refractivity contribution in [1.82, 2.24) is 0 Å². The quantitative estimate of drug-likeness (QED) is 0.521. The van der Waals surface area contributed by atoms with Gasteiger partial charge in [-0.1, -0.05) is 13.8 Å². The van der Waals surface area contributed by atoms with Crippen molar-refractivity contribution in [2.24, 2.45) is 5.92 Å². The van der Waals surface area contributed by atoms with Crippen molar-refractivity contribution < 1.29 is 18.4 Å². The summed E-state index contributed by atoms with van der Waals surface area (Å²) in [4.78, 5) is 11.6. The highest BCUT2D eigenvalue weighted by Crippen LogP contribution is 2.46. The third kappa shape index (κ3) is 7.33. The number of rotatable bonds is 7. The van der Waals surface area contributed by atoms with Gasteiger partial charge in [-0.05, 0) is 5.92 Å². The molecule has 0 aliphatic heterocycles. The van der Waals surface area contributed by atoms with Crippen LogP contribution in [0, 0.1) is 17.8 Å². The predicted octanol–water partition coefficient (Wildman–Crippen LogP) is 2.87. The molecule has 5 heteroatoms. The van der Waals surface area contributed by atoms with Crippen LogP contribution in [0.1, 0.15) is 33.1 Å². The van der Waals surface area contributed by atoms with Gasteiger partial charge in [0.05, 0.1) is 0 Å². The Bertz CT molecular complexity index is 332. The van der Waals surface area contributed by atoms with E-state index in [9.17, 15) is 9.36 Å². The summed E-state index contributed by atoms with van der Waals surface area (Å²) in [7, 11) is -0.640. The van der Waals surface area contributed by atoms with Crippen molar-refractivity contribution in [2.75, 3.05) is 20.4 Å². The Kier molecular flexibility index (Phi) is 8.16. The summed E-state index contributed by atoms with van der Waals surface area (Å²) in [6.45, 7) is 3.93. The zero-order chi connectivity index (χ0) is 13.3. The highest BCUT2D eigenvalue weighted by atomic mass is 31.2. The van der Waals surface area contributed by atoms with Gasteiger partial charge < -0.3 is 9.05 Å². The van der Waals surface area contributed by atoms with Gasteiger partial charge in [0.1, 0.15) is 11.9 Å². The molecule has 1 atom stereocenters. The minimum Gasteiger partial charge on any atom is -0.312 e. The fourth-order valence-electron chi connectivity index (χ4n) is 1.32. The Morgan fingerprint density at radius 3 is 2.35 bits per heavy atom. The number of ketones is 1. The third-order valence-electron chi connectivity index (χ3n) is 2.25. The molecule has 0 rings (SSSR count). The fourth-order valence-corrected chi connectivity index (χ4v) is 2.28. The van der Waals surface area contributed by atoms with E-state index < -0.39 is 7.60 Å². The molecular weight excluding hydrogens is 239 g/mol. The van der Waals surface area contributed by atoms with Crippen LogP contribution in [0.15, 0.2) is 0 Å². The first kappa shape index (κ1) is 16.4. The van der Waals surface area contributed by atoms with Crippen molar-refractivity contribution >= 4 is 13.4 Å². The molecule has 17 heavy (non-hydrogen) atoms. The maximum atomic E-state index is 11.7. The molecule has 98 valence electrons. The van der Waals surface area contributed by atoms with Crippen LogP contribution >= 0.6 is 7.60 Å². The molecule has 0 bridgehead atoms. The van der Waals surface area contributed by atoms with Gasteiger partial charge in [0.25, 0.3) is 0 Å². The minimum absolute atomic E-state index is 0.108. The highest BCUT2D eigenvalue weighted by molar-refractivity contribution is 7.54. The van der Waals surface area contributed by atoms with Gasteiger partial charge in [-0.3, -0.25) is 9.36 Å². The van der Waals surface area contributed by atoms with E-state index in [1.807, 2.05) is 13.8 Å². The second-order valence-corrected chi connectivity index (χ2v) is 6.16. The van der Waals surface area contributed by atoms with E-state index in [4.69, 9.17) is 9.05 Å². The molecule has 4 nitrogen and oxygen atoms in total. The number of carbonyl (C=O) groups excluding carboxylic acids is 1. The van der Waals surface area contributed by atoms with E-state index in [0.29, 0.717) is 12.8 Å². The Balaban J connectivity index is 4.13. The molecule has 0 aromatic rings. The molecular formula is C12H21O4P. The van der Waals surface area contributed by atoms with Crippen LogP contribution in [0.25, 0.3) is 0 Å². The first-order valence-corrected chi connectivity index (χ1v) is 7.38. The molecule has 0 saturated carbocycles. The van der Waals surface area contributed by atoms with Crippen LogP contribution < -0.4 is 0 Å². The minimum atomic E-state index is -3.21. The summed E-state index contributed by atoms with van der Waals surface area (Å²) >= 11 is 0. The first-order valence-electron chi connectivity index (χ1n) is 5.65. The lowest BCUT2D eigenvalue weighted by molar-refractivity contribution is -0.117. The normalized spacial score (nSPS) is 12.7. The monoisotopic (exact) mass is 260 g/mol. The zero-order valence-electron chi connectivity index (χ0n) is 11.0. The molecule has 0 heterocycles. The molecule has 1 unspecified atom stereocenters. The molecule has 0 aliphatic rings. The molecule has 0 amide bonds. The number of Topliss-reactive ketones (excluding diaryl/α,β-unsaturated/α-hetero) is 1. The maximum Gasteiger partial charge on any atom is 0.337 e. The largest absolute Gasteiger partial charge is 0.337 e. The number of carbonyl (C=O) groups is 1. The van der Waals surface area contributed by atoms with Gasteiger partial charge in [0.2, 0.25) is 0 Å². The first-order chi connectivity index (χ1) is 7.97. The van der Waals surface area contributed by atoms with E-state index in [0.717, 1.165) is 6.42 Å². The van der Waals surface area contributed by atoms with Crippen LogP contribution in [0.3, 0.4) is 0 Å². The van der Waals surface area contributed by atoms with E-state index in [-0.39, 0.29) is 17.9 Å². The van der Waals surface area contributed by atoms with E-state index in [2.05, 4.69) is 11.8 Å². The van der Waals surface area contributed by atoms with Crippen molar-refractivity contribution in [3.8, 4) is 11.8 Å². The number of hydrogen-bond donors (Lipinski definition) is 0. The Hall–Kier alpha value is -0.620. The third-order valence-corrected chi connectivity index (χ3v) is 4.11. The Morgan fingerprint density at radius 2 is 1.88 bits per heavy atom. The molecule has 0 radical (unpaired) electrons. The topological polar surface area (TPSA) is 52.6 Å². The molecule has 0 fully saturated rings. The maximum absolute atomic E-state index is 11.7. The van der Waals surface area contributed by atoms with Crippen molar-refractivity contribution in [1.29, 1.82) is 0 Å². The highest BCUT2D eigenvalue weighted by Gasteiger charge is 2.25. The van der Waals surface area contributed by atoms with Crippen molar-refractivity contribution in [3.63, 3.8) is 0 Å². The summed E-state index contributed by atoms with van der Waals surface area (Å²) in [5, 5.41) is 0. The van der Waals surface area contributed by atoms with Crippen LogP contribution in [-0.2, 0) is 18.4 Å². The predicted molar refractivity (Wildman–Crippen MR) is 68.0 cm³/mol. The van der Waals surface area contributed by atoms with Crippen LogP contribution in [-0.4, -0.2) is 26.2 Å². The van der Waals surface area contributed by atoms with Gasteiger partial charge >= 0.3 is 7.60 Å². The van der Waals surface area contributed by atoms with Gasteiger partial charge in [-0.15, -0.1) is 11.8 Å². The summed E-state index contributed by atoms with van der Waals surface area (Å²) < 4.78 is 21.2. The van der Waals surface area contributed by atoms with Gasteiger partial charge in [-0.25, -0.2) is 0 Å². The summed E-state index contributed by atoms with van der Waals surface area (Å²) in [5.74, 6) is 6.02. The zero-order valence-corrected chi connectivity index (χ0v) is 11.9. The second kappa shape index (κ2) is 8.47. The number of hydrogen-bond acceptors (Lipinski definition) is 4. The molecule has 0 aliphatic carbocycles. The standard InChI is InChI=1S/C12H21O4P/c1-5-6-7-8-11(2)9-12(13)10-17(14,15-3)16-4/h11H,5,8-10H2,1-4H3. The molecule has 0 aromatic heterocycles. The van der Waals surface area contributed by atoms with Gasteiger partial charge in [0.15, 0.2) is 0 Å². The summed E-state index contributed by atoms with van der Waals surface area (Å²) in [6.07, 6.45) is 1.70. The lowest BCUT2D eigenvalue weighted by Gasteiger charge is -2.13. The SMILES string of the molecule is CCC#CCC(C)CC(=O)CP(=O)(OC)OC. The Labute approximate surface area is 104 Å². The van der Waals surface area contributed by atoms with E-state index >= 15 is 0 Å². The molecule has 0 spiro atoms. The fraction of sp³-hybridized carbons (Fsp3) is 0.750. The smallest absolute Gasteiger partial charge is 0.312 e. The van der Waals surface area contributed by atoms with Crippen LogP contribution in [0.4, 0.5) is 0 Å². The average molecular weight is 260 g/mol. The molecule has 0 N–H and O–H groups in total. The summed E-state index contributed by atoms with van der Waals surface area (Å²) in [5.41, 5.74) is 0. The van der Waals surface area contributed by atoms with Crippen LogP contribution in [0.5, 0.6) is 0 Å². The average Bonchev–Trinajstić information content (AvgIpc) is 2.29. The second-order valence-electron chi connectivity index (χ2n) is 3.89. The molecule has 0 aromatic carbocycles. The van der Waals surface area contributed by atoms with Gasteiger partial charge in [-0.2, -0.15) is 0 Å². The van der Waals surface area contributed by atoms with E-state index in [1.165, 1.54) is 14.2 Å². The molecule has 0 saturated heterocycles. The van der Waals surface area contributed by atoms with Crippen molar-refractivity contribution in [2.45, 2.75) is 33.1 Å². The lowest BCUT2D eigenvalue weighted by atomic mass is 10.0. The summed E-state index contributed by atoms with van der Waals surface area (Å²) in [6, 6.07) is 0. The van der Waals surface area contributed by atoms with Crippen LogP contribution in [0.2, 0.25) is 0 Å². The van der Waals surface area contributed by atoms with Gasteiger partial charge in [0, 0.05) is 33.5 Å². The van der Waals surface area contributed by atoms with Crippen molar-refractivity contribution in [3.05, 3.63) is 0 Å². The van der Waals surface area contributed by atoms with E-state index in [1.54, 1.807) is 0 Å².